The fraction of sp³-hybridized carbons (Fsp3) is 0.500. The van der Waals surface area contributed by atoms with Crippen LogP contribution in [0.3, 0.4) is 0 Å². The largest absolute Gasteiger partial charge is 0.236 e. The van der Waals surface area contributed by atoms with Crippen LogP contribution >= 0.6 is 0 Å². The zero-order valence-electron chi connectivity index (χ0n) is 9.32. The van der Waals surface area contributed by atoms with Crippen molar-refractivity contribution >= 4 is 0 Å². The molecule has 0 saturated carbocycles. The van der Waals surface area contributed by atoms with E-state index < -0.39 is 11.6 Å². The number of halogens is 2. The second-order valence-corrected chi connectivity index (χ2v) is 4.34. The molecule has 0 aliphatic heterocycles. The molecule has 0 N–H and O–H groups in total. The predicted molar refractivity (Wildman–Crippen MR) is 53.0 cm³/mol. The zero-order chi connectivity index (χ0) is 10.8. The fourth-order valence-electron chi connectivity index (χ4n) is 1.25. The van der Waals surface area contributed by atoms with Gasteiger partial charge in [0.25, 0.3) is 0 Å². The average Bonchev–Trinajstić information content (AvgIpc) is 2.10. The van der Waals surface area contributed by atoms with E-state index in [0.29, 0.717) is 12.0 Å². The molecule has 1 aromatic rings. The molecule has 0 unspecified atom stereocenters. The molecule has 3 heteroatoms. The van der Waals surface area contributed by atoms with Gasteiger partial charge < -0.3 is 0 Å². The monoisotopic (exact) mass is 245 g/mol. The first-order valence-electron chi connectivity index (χ1n) is 4.81. The smallest absolute Gasteiger partial charge is 0.0168 e. The van der Waals surface area contributed by atoms with Gasteiger partial charge in [0.15, 0.2) is 0 Å². The Kier molecular flexibility index (Phi) is 5.68. The van der Waals surface area contributed by atoms with Crippen LogP contribution in [-0.4, -0.2) is 0 Å². The number of benzene rings is 1. The SMILES string of the molecule is CCC(C)(C)Cc1ccc(F)[c-]c1F.[Ti]. The second kappa shape index (κ2) is 5.76. The normalized spacial score (nSPS) is 11.0. The van der Waals surface area contributed by atoms with Crippen molar-refractivity contribution < 1.29 is 30.5 Å². The summed E-state index contributed by atoms with van der Waals surface area (Å²) in [5.74, 6) is -1.20. The molecule has 82 valence electrons. The van der Waals surface area contributed by atoms with Crippen molar-refractivity contribution in [3.63, 3.8) is 0 Å². The average molecular weight is 245 g/mol. The van der Waals surface area contributed by atoms with Crippen molar-refractivity contribution in [2.45, 2.75) is 33.6 Å². The van der Waals surface area contributed by atoms with Gasteiger partial charge in [-0.3, -0.25) is 0 Å². The summed E-state index contributed by atoms with van der Waals surface area (Å²) < 4.78 is 25.8. The summed E-state index contributed by atoms with van der Waals surface area (Å²) in [6.07, 6.45) is 1.58. The van der Waals surface area contributed by atoms with E-state index in [4.69, 9.17) is 0 Å². The van der Waals surface area contributed by atoms with E-state index in [1.807, 2.05) is 0 Å². The van der Waals surface area contributed by atoms with Crippen LogP contribution in [0, 0.1) is 23.1 Å². The molecular formula is C12H15F2Ti-. The maximum absolute atomic E-state index is 13.2. The van der Waals surface area contributed by atoms with Gasteiger partial charge in [-0.1, -0.05) is 33.6 Å². The van der Waals surface area contributed by atoms with Gasteiger partial charge in [0.1, 0.15) is 0 Å². The third kappa shape index (κ3) is 4.44. The Bertz CT molecular complexity index is 321. The van der Waals surface area contributed by atoms with Crippen LogP contribution in [0.15, 0.2) is 12.1 Å². The summed E-state index contributed by atoms with van der Waals surface area (Å²) in [5.41, 5.74) is 0.588. The van der Waals surface area contributed by atoms with Crippen molar-refractivity contribution in [3.8, 4) is 0 Å². The van der Waals surface area contributed by atoms with E-state index in [0.717, 1.165) is 6.42 Å². The first-order chi connectivity index (χ1) is 6.44. The van der Waals surface area contributed by atoms with Crippen LogP contribution < -0.4 is 0 Å². The Hall–Kier alpha value is -0.206. The molecule has 0 aliphatic rings. The van der Waals surface area contributed by atoms with Crippen molar-refractivity contribution in [1.29, 1.82) is 0 Å². The maximum Gasteiger partial charge on any atom is 0.0168 e. The van der Waals surface area contributed by atoms with E-state index in [-0.39, 0.29) is 27.1 Å². The first-order valence-corrected chi connectivity index (χ1v) is 4.81. The van der Waals surface area contributed by atoms with Crippen LogP contribution in [0.5, 0.6) is 0 Å². The van der Waals surface area contributed by atoms with E-state index >= 15 is 0 Å². The quantitative estimate of drug-likeness (QED) is 0.562. The minimum absolute atomic E-state index is 0. The van der Waals surface area contributed by atoms with E-state index in [1.54, 1.807) is 0 Å². The van der Waals surface area contributed by atoms with Gasteiger partial charge >= 0.3 is 0 Å². The van der Waals surface area contributed by atoms with Gasteiger partial charge in [0, 0.05) is 33.4 Å². The summed E-state index contributed by atoms with van der Waals surface area (Å²) in [6, 6.07) is 4.80. The summed E-state index contributed by atoms with van der Waals surface area (Å²) in [7, 11) is 0. The summed E-state index contributed by atoms with van der Waals surface area (Å²) >= 11 is 0. The summed E-state index contributed by atoms with van der Waals surface area (Å²) in [4.78, 5) is 0. The fourth-order valence-corrected chi connectivity index (χ4v) is 1.25. The number of rotatable bonds is 3. The summed E-state index contributed by atoms with van der Waals surface area (Å²) in [6.45, 7) is 6.19. The molecule has 15 heavy (non-hydrogen) atoms. The zero-order valence-corrected chi connectivity index (χ0v) is 10.9. The molecular weight excluding hydrogens is 230 g/mol. The van der Waals surface area contributed by atoms with Gasteiger partial charge in [-0.15, -0.1) is 17.7 Å². The molecule has 0 atom stereocenters. The van der Waals surface area contributed by atoms with Gasteiger partial charge in [0.2, 0.25) is 0 Å². The molecule has 0 aromatic heterocycles. The first kappa shape index (κ1) is 14.8. The summed E-state index contributed by atoms with van der Waals surface area (Å²) in [5, 5.41) is 0. The Balaban J connectivity index is 0.00000196. The molecule has 0 aliphatic carbocycles. The Labute approximate surface area is 105 Å². The third-order valence-corrected chi connectivity index (χ3v) is 2.57. The molecule has 1 aromatic carbocycles. The molecule has 0 spiro atoms. The van der Waals surface area contributed by atoms with Crippen molar-refractivity contribution in [1.82, 2.24) is 0 Å². The third-order valence-electron chi connectivity index (χ3n) is 2.57. The maximum atomic E-state index is 13.2. The van der Waals surface area contributed by atoms with Gasteiger partial charge in [-0.25, -0.2) is 8.78 Å². The van der Waals surface area contributed by atoms with Gasteiger partial charge in [0.05, 0.1) is 0 Å². The van der Waals surface area contributed by atoms with Crippen molar-refractivity contribution in [2.24, 2.45) is 5.41 Å². The molecule has 0 amide bonds. The van der Waals surface area contributed by atoms with E-state index in [9.17, 15) is 8.78 Å². The molecule has 0 radical (unpaired) electrons. The minimum atomic E-state index is -0.638. The van der Waals surface area contributed by atoms with Crippen LogP contribution in [0.2, 0.25) is 0 Å². The van der Waals surface area contributed by atoms with E-state index in [2.05, 4.69) is 26.8 Å². The number of hydrogen-bond acceptors (Lipinski definition) is 0. The molecule has 0 saturated heterocycles. The van der Waals surface area contributed by atoms with Crippen molar-refractivity contribution in [2.75, 3.05) is 0 Å². The van der Waals surface area contributed by atoms with Crippen LogP contribution in [-0.2, 0) is 28.1 Å². The Morgan fingerprint density at radius 1 is 1.27 bits per heavy atom. The Morgan fingerprint density at radius 2 is 1.87 bits per heavy atom. The Morgan fingerprint density at radius 3 is 2.33 bits per heavy atom. The second-order valence-electron chi connectivity index (χ2n) is 4.34. The standard InChI is InChI=1S/C12H15F2.Ti/c1-4-12(2,3)8-9-5-6-10(13)7-11(9)14;/h5-6H,4,8H2,1-3H3;/q-1;. The molecule has 1 rings (SSSR count). The van der Waals surface area contributed by atoms with Crippen molar-refractivity contribution in [3.05, 3.63) is 35.4 Å². The minimum Gasteiger partial charge on any atom is -0.236 e. The number of hydrogen-bond donors (Lipinski definition) is 0. The topological polar surface area (TPSA) is 0 Å². The van der Waals surface area contributed by atoms with Gasteiger partial charge in [-0.2, -0.15) is 6.07 Å². The predicted octanol–water partition coefficient (Wildman–Crippen LogP) is 3.74. The molecule has 0 heterocycles. The van der Waals surface area contributed by atoms with Crippen LogP contribution in [0.25, 0.3) is 0 Å². The molecule has 0 fully saturated rings. The van der Waals surface area contributed by atoms with E-state index in [1.165, 1.54) is 12.1 Å². The van der Waals surface area contributed by atoms with Crippen LogP contribution in [0.1, 0.15) is 32.8 Å². The van der Waals surface area contributed by atoms with Gasteiger partial charge in [-0.05, 0) is 5.41 Å². The van der Waals surface area contributed by atoms with Crippen LogP contribution in [0.4, 0.5) is 8.78 Å². The molecule has 0 nitrogen and oxygen atoms in total. The molecule has 0 bridgehead atoms.